The molecule has 0 bridgehead atoms. The lowest BCUT2D eigenvalue weighted by molar-refractivity contribution is 0.0669. The predicted octanol–water partition coefficient (Wildman–Crippen LogP) is 3.75. The lowest BCUT2D eigenvalue weighted by atomic mass is 10.1. The van der Waals surface area contributed by atoms with Gasteiger partial charge in [-0.25, -0.2) is 9.97 Å². The Morgan fingerprint density at radius 2 is 1.88 bits per heavy atom. The molecule has 4 rings (SSSR count). The van der Waals surface area contributed by atoms with Crippen LogP contribution in [0.15, 0.2) is 49.1 Å². The van der Waals surface area contributed by atoms with Crippen LogP contribution in [-0.4, -0.2) is 31.2 Å². The molecule has 0 aliphatic heterocycles. The fraction of sp³-hybridized carbons (Fsp3) is 0.278. The smallest absolute Gasteiger partial charge is 0.277 e. The van der Waals surface area contributed by atoms with Crippen molar-refractivity contribution in [1.29, 1.82) is 0 Å². The number of rotatable bonds is 4. The largest absolute Gasteiger partial charge is 0.327 e. The van der Waals surface area contributed by atoms with Crippen LogP contribution in [0.1, 0.15) is 41.9 Å². The summed E-state index contributed by atoms with van der Waals surface area (Å²) < 4.78 is 1.82. The monoisotopic (exact) mass is 340 g/mol. The second-order valence-electron chi connectivity index (χ2n) is 6.11. The summed E-state index contributed by atoms with van der Waals surface area (Å²) in [7, 11) is 0. The summed E-state index contributed by atoms with van der Waals surface area (Å²) in [4.78, 5) is 23.7. The van der Waals surface area contributed by atoms with E-state index in [0.29, 0.717) is 16.4 Å². The highest BCUT2D eigenvalue weighted by Gasteiger charge is 2.38. The highest BCUT2D eigenvalue weighted by Crippen LogP contribution is 2.36. The third-order valence-corrected chi connectivity index (χ3v) is 4.71. The van der Waals surface area contributed by atoms with Crippen LogP contribution in [0.4, 0.5) is 0 Å². The van der Waals surface area contributed by atoms with Crippen molar-refractivity contribution in [3.05, 3.63) is 65.3 Å². The molecule has 24 heavy (non-hydrogen) atoms. The number of carbonyl (C=O) groups is 1. The zero-order chi connectivity index (χ0) is 16.7. The van der Waals surface area contributed by atoms with Crippen LogP contribution >= 0.6 is 11.6 Å². The number of carbonyl (C=O) groups excluding carboxylic acids is 1. The summed E-state index contributed by atoms with van der Waals surface area (Å²) in [5.41, 5.74) is 2.06. The molecule has 2 heterocycles. The molecule has 2 aromatic heterocycles. The Hall–Kier alpha value is -2.40. The maximum Gasteiger partial charge on any atom is 0.277 e. The number of amides is 1. The van der Waals surface area contributed by atoms with Gasteiger partial charge in [0.05, 0.1) is 6.04 Å². The first kappa shape index (κ1) is 15.1. The number of fused-ring (bicyclic) bond motifs is 1. The number of hydrogen-bond acceptors (Lipinski definition) is 3. The first-order chi connectivity index (χ1) is 11.6. The van der Waals surface area contributed by atoms with Crippen LogP contribution in [0.3, 0.4) is 0 Å². The molecule has 0 spiro atoms. The molecule has 5 nitrogen and oxygen atoms in total. The number of hydrogen-bond donors (Lipinski definition) is 0. The highest BCUT2D eigenvalue weighted by molar-refractivity contribution is 6.30. The molecule has 6 heteroatoms. The second kappa shape index (κ2) is 5.91. The van der Waals surface area contributed by atoms with Gasteiger partial charge in [-0.2, -0.15) is 0 Å². The average Bonchev–Trinajstić information content (AvgIpc) is 3.30. The molecule has 0 unspecified atom stereocenters. The van der Waals surface area contributed by atoms with Crippen molar-refractivity contribution in [2.24, 2.45) is 0 Å². The minimum atomic E-state index is -0.0725. The molecule has 1 atom stereocenters. The van der Waals surface area contributed by atoms with E-state index in [2.05, 4.69) is 9.97 Å². The van der Waals surface area contributed by atoms with E-state index in [4.69, 9.17) is 11.6 Å². The van der Waals surface area contributed by atoms with Gasteiger partial charge in [-0.05, 0) is 37.5 Å². The minimum Gasteiger partial charge on any atom is -0.327 e. The van der Waals surface area contributed by atoms with E-state index in [1.165, 1.54) is 0 Å². The maximum absolute atomic E-state index is 13.2. The Bertz CT molecular complexity index is 885. The number of nitrogens with zero attached hydrogens (tertiary/aromatic N) is 4. The van der Waals surface area contributed by atoms with Crippen LogP contribution in [0, 0.1) is 0 Å². The molecule has 1 aromatic carbocycles. The standard InChI is InChI=1S/C18H17ClN4O/c1-12(13-2-4-14(19)5-3-13)23(15-6-7-15)18(24)16-17-21-9-11-22(17)10-8-20-16/h2-5,8-12,15H,6-7H2,1H3/t12-/m0/s1. The van der Waals surface area contributed by atoms with E-state index in [1.54, 1.807) is 18.6 Å². The van der Waals surface area contributed by atoms with E-state index < -0.39 is 0 Å². The number of imidazole rings is 1. The van der Waals surface area contributed by atoms with Crippen LogP contribution in [0.2, 0.25) is 5.02 Å². The Labute approximate surface area is 144 Å². The fourth-order valence-electron chi connectivity index (χ4n) is 3.04. The zero-order valence-corrected chi connectivity index (χ0v) is 14.0. The van der Waals surface area contributed by atoms with E-state index in [9.17, 15) is 4.79 Å². The Balaban J connectivity index is 1.71. The van der Waals surface area contributed by atoms with Crippen molar-refractivity contribution in [2.75, 3.05) is 0 Å². The van der Waals surface area contributed by atoms with Crippen molar-refractivity contribution >= 4 is 23.2 Å². The topological polar surface area (TPSA) is 50.5 Å². The lowest BCUT2D eigenvalue weighted by Crippen LogP contribution is -2.36. The van der Waals surface area contributed by atoms with Gasteiger partial charge in [0.15, 0.2) is 11.3 Å². The zero-order valence-electron chi connectivity index (χ0n) is 13.3. The molecule has 1 aliphatic carbocycles. The van der Waals surface area contributed by atoms with Gasteiger partial charge in [0, 0.05) is 35.9 Å². The molecule has 1 fully saturated rings. The van der Waals surface area contributed by atoms with Crippen LogP contribution in [0.5, 0.6) is 0 Å². The van der Waals surface area contributed by atoms with Crippen molar-refractivity contribution < 1.29 is 4.79 Å². The van der Waals surface area contributed by atoms with Crippen molar-refractivity contribution in [3.63, 3.8) is 0 Å². The summed E-state index contributed by atoms with van der Waals surface area (Å²) >= 11 is 5.98. The number of benzene rings is 1. The van der Waals surface area contributed by atoms with Crippen LogP contribution < -0.4 is 0 Å². The summed E-state index contributed by atoms with van der Waals surface area (Å²) in [5.74, 6) is -0.0725. The van der Waals surface area contributed by atoms with Gasteiger partial charge < -0.3 is 9.30 Å². The second-order valence-corrected chi connectivity index (χ2v) is 6.54. The summed E-state index contributed by atoms with van der Waals surface area (Å²) in [6, 6.07) is 7.88. The van der Waals surface area contributed by atoms with Gasteiger partial charge in [-0.1, -0.05) is 23.7 Å². The lowest BCUT2D eigenvalue weighted by Gasteiger charge is -2.29. The average molecular weight is 341 g/mol. The Morgan fingerprint density at radius 1 is 1.21 bits per heavy atom. The summed E-state index contributed by atoms with van der Waals surface area (Å²) in [5, 5.41) is 0.694. The molecule has 1 saturated carbocycles. The van der Waals surface area contributed by atoms with Crippen LogP contribution in [-0.2, 0) is 0 Å². The molecule has 1 amide bonds. The molecule has 1 aliphatic rings. The van der Waals surface area contributed by atoms with Gasteiger partial charge >= 0.3 is 0 Å². The SMILES string of the molecule is C[C@@H](c1ccc(Cl)cc1)N(C(=O)c1nccn2ccnc12)C1CC1. The van der Waals surface area contributed by atoms with Gasteiger partial charge in [-0.3, -0.25) is 4.79 Å². The first-order valence-electron chi connectivity index (χ1n) is 8.01. The van der Waals surface area contributed by atoms with E-state index in [-0.39, 0.29) is 18.0 Å². The molecule has 0 N–H and O–H groups in total. The normalized spacial score (nSPS) is 15.4. The Kier molecular flexibility index (Phi) is 3.73. The van der Waals surface area contributed by atoms with Crippen molar-refractivity contribution in [3.8, 4) is 0 Å². The maximum atomic E-state index is 13.2. The van der Waals surface area contributed by atoms with E-state index in [1.807, 2.05) is 46.7 Å². The quantitative estimate of drug-likeness (QED) is 0.726. The van der Waals surface area contributed by atoms with Gasteiger partial charge in [-0.15, -0.1) is 0 Å². The van der Waals surface area contributed by atoms with E-state index >= 15 is 0 Å². The number of aromatic nitrogens is 3. The fourth-order valence-corrected chi connectivity index (χ4v) is 3.17. The van der Waals surface area contributed by atoms with Crippen LogP contribution in [0.25, 0.3) is 5.65 Å². The molecule has 3 aromatic rings. The molecule has 0 saturated heterocycles. The predicted molar refractivity (Wildman–Crippen MR) is 92.0 cm³/mol. The minimum absolute atomic E-state index is 0.0423. The van der Waals surface area contributed by atoms with Crippen molar-refractivity contribution in [1.82, 2.24) is 19.3 Å². The van der Waals surface area contributed by atoms with Crippen molar-refractivity contribution in [2.45, 2.75) is 31.8 Å². The summed E-state index contributed by atoms with van der Waals surface area (Å²) in [6.07, 6.45) is 8.99. The van der Waals surface area contributed by atoms with Gasteiger partial charge in [0.2, 0.25) is 0 Å². The van der Waals surface area contributed by atoms with Gasteiger partial charge in [0.1, 0.15) is 0 Å². The molecule has 0 radical (unpaired) electrons. The Morgan fingerprint density at radius 3 is 2.54 bits per heavy atom. The molecular weight excluding hydrogens is 324 g/mol. The summed E-state index contributed by atoms with van der Waals surface area (Å²) in [6.45, 7) is 2.05. The third kappa shape index (κ3) is 2.65. The third-order valence-electron chi connectivity index (χ3n) is 4.46. The molecule has 122 valence electrons. The van der Waals surface area contributed by atoms with Gasteiger partial charge in [0.25, 0.3) is 5.91 Å². The molecular formula is C18H17ClN4O. The number of halogens is 1. The highest BCUT2D eigenvalue weighted by atomic mass is 35.5. The van der Waals surface area contributed by atoms with E-state index in [0.717, 1.165) is 18.4 Å². The first-order valence-corrected chi connectivity index (χ1v) is 8.39.